The zero-order valence-corrected chi connectivity index (χ0v) is 15.1. The molecule has 0 unspecified atom stereocenters. The number of hydrogen-bond donors (Lipinski definition) is 0. The molecular weight excluding hydrogens is 354 g/mol. The Kier molecular flexibility index (Phi) is 4.65. The highest BCUT2D eigenvalue weighted by atomic mass is 32.2. The maximum absolute atomic E-state index is 13.0. The number of anilines is 1. The van der Waals surface area contributed by atoms with Crippen LogP contribution in [0.4, 0.5) is 5.69 Å². The number of ether oxygens (including phenoxy) is 1. The van der Waals surface area contributed by atoms with Gasteiger partial charge in [0.05, 0.1) is 22.8 Å². The molecule has 1 aliphatic rings. The van der Waals surface area contributed by atoms with Gasteiger partial charge in [-0.2, -0.15) is 4.31 Å². The molecule has 0 aromatic heterocycles. The fourth-order valence-corrected chi connectivity index (χ4v) is 4.13. The molecule has 0 saturated carbocycles. The first kappa shape index (κ1) is 17.9. The normalized spacial score (nSPS) is 15.2. The van der Waals surface area contributed by atoms with Gasteiger partial charge >= 0.3 is 5.97 Å². The highest BCUT2D eigenvalue weighted by Gasteiger charge is 2.41. The van der Waals surface area contributed by atoms with Crippen LogP contribution in [0.15, 0.2) is 59.5 Å². The van der Waals surface area contributed by atoms with E-state index in [9.17, 15) is 18.0 Å². The van der Waals surface area contributed by atoms with Crippen molar-refractivity contribution in [3.8, 4) is 0 Å². The Morgan fingerprint density at radius 3 is 2.42 bits per heavy atom. The molecule has 0 N–H and O–H groups in total. The summed E-state index contributed by atoms with van der Waals surface area (Å²) in [5.74, 6) is -1.47. The number of benzene rings is 2. The minimum Gasteiger partial charge on any atom is -0.463 e. The molecule has 0 fully saturated rings. The maximum atomic E-state index is 13.0. The highest BCUT2D eigenvalue weighted by molar-refractivity contribution is 7.93. The summed E-state index contributed by atoms with van der Waals surface area (Å²) >= 11 is 0. The molecule has 7 heteroatoms. The first-order valence-corrected chi connectivity index (χ1v) is 9.44. The van der Waals surface area contributed by atoms with Gasteiger partial charge in [-0.15, -0.1) is 0 Å². The summed E-state index contributed by atoms with van der Waals surface area (Å²) in [6.07, 6.45) is 1.04. The van der Waals surface area contributed by atoms with Crippen molar-refractivity contribution in [2.45, 2.75) is 18.7 Å². The van der Waals surface area contributed by atoms with Gasteiger partial charge < -0.3 is 4.74 Å². The average molecular weight is 371 g/mol. The number of para-hydroxylation sites is 1. The van der Waals surface area contributed by atoms with E-state index in [1.807, 2.05) is 6.92 Å². The van der Waals surface area contributed by atoms with Gasteiger partial charge in [0.15, 0.2) is 0 Å². The second-order valence-electron chi connectivity index (χ2n) is 5.71. The van der Waals surface area contributed by atoms with Crippen molar-refractivity contribution >= 4 is 33.2 Å². The number of carbonyl (C=O) groups excluding carboxylic acids is 2. The van der Waals surface area contributed by atoms with Crippen molar-refractivity contribution in [3.05, 3.63) is 65.7 Å². The fraction of sp³-hybridized carbons (Fsp3) is 0.158. The molecule has 26 heavy (non-hydrogen) atoms. The summed E-state index contributed by atoms with van der Waals surface area (Å²) in [5.41, 5.74) is 1.49. The second kappa shape index (κ2) is 6.76. The number of aryl methyl sites for hydroxylation is 1. The lowest BCUT2D eigenvalue weighted by molar-refractivity contribution is -0.137. The zero-order valence-electron chi connectivity index (χ0n) is 14.3. The Hall–Kier alpha value is -2.93. The van der Waals surface area contributed by atoms with Crippen LogP contribution in [0.3, 0.4) is 0 Å². The summed E-state index contributed by atoms with van der Waals surface area (Å²) in [6, 6.07) is 12.7. The van der Waals surface area contributed by atoms with E-state index in [0.29, 0.717) is 5.56 Å². The van der Waals surface area contributed by atoms with Crippen LogP contribution in [-0.2, 0) is 24.3 Å². The van der Waals surface area contributed by atoms with E-state index in [-0.39, 0.29) is 22.8 Å². The van der Waals surface area contributed by atoms with Crippen molar-refractivity contribution in [2.24, 2.45) is 0 Å². The van der Waals surface area contributed by atoms with Gasteiger partial charge in [0.25, 0.3) is 15.9 Å². The molecule has 0 radical (unpaired) electrons. The molecule has 0 spiro atoms. The van der Waals surface area contributed by atoms with E-state index in [1.54, 1.807) is 37.3 Å². The van der Waals surface area contributed by atoms with Crippen molar-refractivity contribution in [1.82, 2.24) is 0 Å². The number of hydrogen-bond acceptors (Lipinski definition) is 5. The van der Waals surface area contributed by atoms with Crippen molar-refractivity contribution in [3.63, 3.8) is 0 Å². The first-order chi connectivity index (χ1) is 12.4. The van der Waals surface area contributed by atoms with E-state index < -0.39 is 21.9 Å². The molecule has 1 aliphatic heterocycles. The molecule has 0 aliphatic carbocycles. The molecule has 0 saturated heterocycles. The molecule has 1 amide bonds. The fourth-order valence-electron chi connectivity index (χ4n) is 2.71. The number of esters is 1. The van der Waals surface area contributed by atoms with Gasteiger partial charge in [0.2, 0.25) is 0 Å². The number of sulfonamides is 1. The topological polar surface area (TPSA) is 80.8 Å². The number of nitrogens with zero attached hydrogens (tertiary/aromatic N) is 1. The van der Waals surface area contributed by atoms with Crippen molar-refractivity contribution in [2.75, 3.05) is 10.9 Å². The van der Waals surface area contributed by atoms with Crippen LogP contribution in [0.5, 0.6) is 0 Å². The maximum Gasteiger partial charge on any atom is 0.331 e. The summed E-state index contributed by atoms with van der Waals surface area (Å²) in [5, 5.41) is 0. The zero-order chi connectivity index (χ0) is 18.9. The Labute approximate surface area is 151 Å². The van der Waals surface area contributed by atoms with Crippen LogP contribution >= 0.6 is 0 Å². The van der Waals surface area contributed by atoms with Crippen LogP contribution in [0.1, 0.15) is 18.1 Å². The van der Waals surface area contributed by atoms with Crippen molar-refractivity contribution in [1.29, 1.82) is 0 Å². The van der Waals surface area contributed by atoms with E-state index in [4.69, 9.17) is 4.74 Å². The molecule has 0 atom stereocenters. The molecule has 6 nitrogen and oxygen atoms in total. The van der Waals surface area contributed by atoms with Crippen LogP contribution in [0, 0.1) is 6.92 Å². The molecule has 2 aromatic carbocycles. The first-order valence-electron chi connectivity index (χ1n) is 8.00. The summed E-state index contributed by atoms with van der Waals surface area (Å²) < 4.78 is 31.7. The average Bonchev–Trinajstić information content (AvgIpc) is 2.88. The molecule has 134 valence electrons. The Morgan fingerprint density at radius 1 is 1.12 bits per heavy atom. The van der Waals surface area contributed by atoms with Gasteiger partial charge in [-0.3, -0.25) is 4.79 Å². The van der Waals surface area contributed by atoms with Gasteiger partial charge in [-0.25, -0.2) is 13.2 Å². The molecule has 1 heterocycles. The van der Waals surface area contributed by atoms with Crippen LogP contribution < -0.4 is 4.31 Å². The minimum absolute atomic E-state index is 0.00337. The summed E-state index contributed by atoms with van der Waals surface area (Å²) in [7, 11) is -4.11. The van der Waals surface area contributed by atoms with E-state index in [2.05, 4.69) is 0 Å². The van der Waals surface area contributed by atoms with E-state index in [1.165, 1.54) is 18.2 Å². The SMILES string of the molecule is CCOC(=O)/C=C1/C(=O)N(S(=O)(=O)c2ccc(C)cc2)c2ccccc21. The van der Waals surface area contributed by atoms with Crippen LogP contribution in [0.25, 0.3) is 5.57 Å². The molecule has 0 bridgehead atoms. The van der Waals surface area contributed by atoms with E-state index in [0.717, 1.165) is 15.9 Å². The molecular formula is C19H17NO5S. The molecule has 3 rings (SSSR count). The number of fused-ring (bicyclic) bond motifs is 1. The summed E-state index contributed by atoms with van der Waals surface area (Å²) in [4.78, 5) is 24.7. The lowest BCUT2D eigenvalue weighted by Crippen LogP contribution is -2.33. The van der Waals surface area contributed by atoms with Gasteiger partial charge in [0, 0.05) is 11.6 Å². The standard InChI is InChI=1S/C19H17NO5S/c1-3-25-18(21)12-16-15-6-4-5-7-17(15)20(19(16)22)26(23,24)14-10-8-13(2)9-11-14/h4-12H,3H2,1-2H3/b16-12+. The highest BCUT2D eigenvalue weighted by Crippen LogP contribution is 2.40. The monoisotopic (exact) mass is 371 g/mol. The van der Waals surface area contributed by atoms with Gasteiger partial charge in [-0.1, -0.05) is 35.9 Å². The predicted molar refractivity (Wildman–Crippen MR) is 96.9 cm³/mol. The number of carbonyl (C=O) groups is 2. The Morgan fingerprint density at radius 2 is 1.77 bits per heavy atom. The van der Waals surface area contributed by atoms with Gasteiger partial charge in [-0.05, 0) is 32.0 Å². The number of rotatable bonds is 4. The van der Waals surface area contributed by atoms with Crippen molar-refractivity contribution < 1.29 is 22.7 Å². The minimum atomic E-state index is -4.11. The second-order valence-corrected chi connectivity index (χ2v) is 7.50. The Bertz CT molecular complexity index is 1010. The third kappa shape index (κ3) is 3.01. The van der Waals surface area contributed by atoms with Gasteiger partial charge in [0.1, 0.15) is 0 Å². The quantitative estimate of drug-likeness (QED) is 0.610. The Balaban J connectivity index is 2.13. The third-order valence-corrected chi connectivity index (χ3v) is 5.65. The summed E-state index contributed by atoms with van der Waals surface area (Å²) in [6.45, 7) is 3.64. The van der Waals surface area contributed by atoms with E-state index >= 15 is 0 Å². The predicted octanol–water partition coefficient (Wildman–Crippen LogP) is 2.68. The number of amides is 1. The van der Waals surface area contributed by atoms with Crippen LogP contribution in [0.2, 0.25) is 0 Å². The smallest absolute Gasteiger partial charge is 0.331 e. The molecule has 2 aromatic rings. The lowest BCUT2D eigenvalue weighted by atomic mass is 10.1. The largest absolute Gasteiger partial charge is 0.463 e. The third-order valence-electron chi connectivity index (χ3n) is 3.94. The van der Waals surface area contributed by atoms with Crippen LogP contribution in [-0.4, -0.2) is 26.9 Å². The lowest BCUT2D eigenvalue weighted by Gasteiger charge is -2.17.